The van der Waals surface area contributed by atoms with Crippen molar-refractivity contribution in [1.82, 2.24) is 4.57 Å². The minimum Gasteiger partial charge on any atom is -0.494 e. The highest BCUT2D eigenvalue weighted by Gasteiger charge is 2.08. The van der Waals surface area contributed by atoms with Gasteiger partial charge in [0, 0.05) is 12.6 Å². The van der Waals surface area contributed by atoms with Gasteiger partial charge in [-0.15, -0.1) is 0 Å². The molecule has 136 valence electrons. The maximum absolute atomic E-state index is 12.5. The molecule has 0 unspecified atom stereocenters. The fraction of sp³-hybridized carbons (Fsp3) is 0.333. The van der Waals surface area contributed by atoms with Crippen molar-refractivity contribution in [1.29, 1.82) is 0 Å². The Balaban J connectivity index is 1.77. The molecule has 3 aromatic rings. The molecule has 0 spiro atoms. The van der Waals surface area contributed by atoms with Crippen LogP contribution in [0, 0.1) is 6.92 Å². The number of aromatic nitrogens is 1. The van der Waals surface area contributed by atoms with Crippen molar-refractivity contribution in [3.05, 3.63) is 58.4 Å². The van der Waals surface area contributed by atoms with Gasteiger partial charge < -0.3 is 9.30 Å². The summed E-state index contributed by atoms with van der Waals surface area (Å²) in [5, 5.41) is 0. The lowest BCUT2D eigenvalue weighted by molar-refractivity contribution is 0.0998. The lowest BCUT2D eigenvalue weighted by atomic mass is 10.2. The number of hydrogen-bond donors (Lipinski definition) is 0. The molecule has 1 aromatic heterocycles. The third-order valence-electron chi connectivity index (χ3n) is 4.28. The van der Waals surface area contributed by atoms with E-state index in [9.17, 15) is 4.79 Å². The third kappa shape index (κ3) is 4.22. The zero-order valence-corrected chi connectivity index (χ0v) is 16.3. The maximum Gasteiger partial charge on any atom is 0.279 e. The van der Waals surface area contributed by atoms with Crippen molar-refractivity contribution >= 4 is 27.5 Å². The Morgan fingerprint density at radius 3 is 2.65 bits per heavy atom. The van der Waals surface area contributed by atoms with E-state index in [1.807, 2.05) is 23.7 Å². The fourth-order valence-corrected chi connectivity index (χ4v) is 3.85. The molecule has 0 N–H and O–H groups in total. The molecule has 1 amide bonds. The number of hydrogen-bond acceptors (Lipinski definition) is 3. The first-order valence-electron chi connectivity index (χ1n) is 8.96. The molecule has 1 heterocycles. The minimum atomic E-state index is -0.235. The van der Waals surface area contributed by atoms with E-state index in [1.54, 1.807) is 12.1 Å². The number of nitrogens with zero attached hydrogens (tertiary/aromatic N) is 2. The van der Waals surface area contributed by atoms with Gasteiger partial charge in [-0.1, -0.05) is 37.2 Å². The highest BCUT2D eigenvalue weighted by atomic mass is 32.1. The summed E-state index contributed by atoms with van der Waals surface area (Å²) in [5.74, 6) is 0.557. The molecule has 0 aliphatic rings. The van der Waals surface area contributed by atoms with Gasteiger partial charge in [-0.3, -0.25) is 4.79 Å². The van der Waals surface area contributed by atoms with Crippen molar-refractivity contribution in [2.45, 2.75) is 33.1 Å². The molecule has 0 bridgehead atoms. The summed E-state index contributed by atoms with van der Waals surface area (Å²) in [5.41, 5.74) is 2.86. The number of benzene rings is 2. The lowest BCUT2D eigenvalue weighted by Crippen LogP contribution is -2.13. The Morgan fingerprint density at radius 1 is 1.15 bits per heavy atom. The van der Waals surface area contributed by atoms with Crippen molar-refractivity contribution < 1.29 is 9.53 Å². The molecule has 0 saturated heterocycles. The zero-order chi connectivity index (χ0) is 18.5. The smallest absolute Gasteiger partial charge is 0.279 e. The van der Waals surface area contributed by atoms with E-state index >= 15 is 0 Å². The average Bonchev–Trinajstić information content (AvgIpc) is 2.94. The van der Waals surface area contributed by atoms with Crippen LogP contribution in [0.5, 0.6) is 5.75 Å². The molecule has 26 heavy (non-hydrogen) atoms. The topological polar surface area (TPSA) is 43.6 Å². The number of carbonyl (C=O) groups is 1. The second kappa shape index (κ2) is 8.32. The second-order valence-corrected chi connectivity index (χ2v) is 7.42. The summed E-state index contributed by atoms with van der Waals surface area (Å²) in [6.45, 7) is 4.94. The first kappa shape index (κ1) is 18.4. The Morgan fingerprint density at radius 2 is 1.92 bits per heavy atom. The van der Waals surface area contributed by atoms with Crippen LogP contribution in [0.2, 0.25) is 0 Å². The Bertz CT molecular complexity index is 968. The maximum atomic E-state index is 12.5. The predicted octanol–water partition coefficient (Wildman–Crippen LogP) is 4.86. The molecular weight excluding hydrogens is 344 g/mol. The van der Waals surface area contributed by atoms with Gasteiger partial charge in [-0.05, 0) is 55.3 Å². The molecule has 0 saturated carbocycles. The number of carbonyl (C=O) groups excluding carboxylic acids is 1. The van der Waals surface area contributed by atoms with Gasteiger partial charge in [0.05, 0.1) is 16.8 Å². The molecule has 0 fully saturated rings. The number of ether oxygens (including phenoxy) is 1. The molecule has 0 aliphatic carbocycles. The van der Waals surface area contributed by atoms with Crippen LogP contribution >= 0.6 is 11.3 Å². The van der Waals surface area contributed by atoms with Crippen molar-refractivity contribution in [3.63, 3.8) is 0 Å². The average molecular weight is 369 g/mol. The molecule has 0 aliphatic heterocycles. The van der Waals surface area contributed by atoms with Crippen LogP contribution < -0.4 is 9.54 Å². The summed E-state index contributed by atoms with van der Waals surface area (Å²) in [6, 6.07) is 13.5. The van der Waals surface area contributed by atoms with Crippen LogP contribution in [-0.2, 0) is 7.05 Å². The van der Waals surface area contributed by atoms with Crippen LogP contribution in [0.25, 0.3) is 10.2 Å². The molecule has 2 aromatic carbocycles. The van der Waals surface area contributed by atoms with E-state index in [1.165, 1.54) is 29.7 Å². The normalized spacial score (nSPS) is 11.9. The van der Waals surface area contributed by atoms with E-state index in [4.69, 9.17) is 4.74 Å². The van der Waals surface area contributed by atoms with E-state index in [2.05, 4.69) is 37.0 Å². The quantitative estimate of drug-likeness (QED) is 0.583. The zero-order valence-electron chi connectivity index (χ0n) is 15.5. The molecule has 0 radical (unpaired) electrons. The standard InChI is InChI=1S/C21H24N2O2S/c1-4-5-6-13-25-17-10-8-16(9-11-17)20(24)22-21-23(3)18-12-7-15(2)14-19(18)26-21/h7-12,14H,4-6,13H2,1-3H3. The second-order valence-electron chi connectivity index (χ2n) is 6.41. The van der Waals surface area contributed by atoms with Crippen LogP contribution in [0.4, 0.5) is 0 Å². The predicted molar refractivity (Wildman–Crippen MR) is 107 cm³/mol. The third-order valence-corrected chi connectivity index (χ3v) is 5.37. The van der Waals surface area contributed by atoms with Crippen LogP contribution in [-0.4, -0.2) is 17.1 Å². The van der Waals surface area contributed by atoms with Gasteiger partial charge in [0.2, 0.25) is 0 Å². The summed E-state index contributed by atoms with van der Waals surface area (Å²) in [4.78, 5) is 17.5. The number of rotatable bonds is 6. The van der Waals surface area contributed by atoms with Gasteiger partial charge in [0.15, 0.2) is 4.80 Å². The summed E-state index contributed by atoms with van der Waals surface area (Å²) < 4.78 is 8.78. The summed E-state index contributed by atoms with van der Waals surface area (Å²) in [6.07, 6.45) is 3.39. The summed E-state index contributed by atoms with van der Waals surface area (Å²) >= 11 is 1.53. The van der Waals surface area contributed by atoms with Gasteiger partial charge >= 0.3 is 0 Å². The molecular formula is C21H24N2O2S. The van der Waals surface area contributed by atoms with Crippen molar-refractivity contribution in [2.75, 3.05) is 6.61 Å². The van der Waals surface area contributed by atoms with E-state index < -0.39 is 0 Å². The summed E-state index contributed by atoms with van der Waals surface area (Å²) in [7, 11) is 1.94. The number of unbranched alkanes of at least 4 members (excludes halogenated alkanes) is 2. The number of aryl methyl sites for hydroxylation is 2. The number of fused-ring (bicyclic) bond motifs is 1. The van der Waals surface area contributed by atoms with E-state index in [-0.39, 0.29) is 5.91 Å². The number of amides is 1. The van der Waals surface area contributed by atoms with E-state index in [0.29, 0.717) is 17.0 Å². The number of thiazole rings is 1. The van der Waals surface area contributed by atoms with Crippen LogP contribution in [0.15, 0.2) is 47.5 Å². The first-order chi connectivity index (χ1) is 12.6. The minimum absolute atomic E-state index is 0.235. The van der Waals surface area contributed by atoms with Crippen molar-refractivity contribution in [3.8, 4) is 5.75 Å². The van der Waals surface area contributed by atoms with Gasteiger partial charge in [0.25, 0.3) is 5.91 Å². The first-order valence-corrected chi connectivity index (χ1v) is 9.78. The molecule has 4 nitrogen and oxygen atoms in total. The highest BCUT2D eigenvalue weighted by Crippen LogP contribution is 2.18. The Labute approximate surface area is 157 Å². The molecule has 3 rings (SSSR count). The van der Waals surface area contributed by atoms with Crippen LogP contribution in [0.3, 0.4) is 0 Å². The molecule has 0 atom stereocenters. The largest absolute Gasteiger partial charge is 0.494 e. The Kier molecular flexibility index (Phi) is 5.89. The SMILES string of the molecule is CCCCCOc1ccc(C(=O)N=c2sc3cc(C)ccc3n2C)cc1. The van der Waals surface area contributed by atoms with E-state index in [0.717, 1.165) is 22.4 Å². The molecule has 5 heteroatoms. The Hall–Kier alpha value is -2.40. The lowest BCUT2D eigenvalue weighted by Gasteiger charge is -2.05. The van der Waals surface area contributed by atoms with Gasteiger partial charge in [0.1, 0.15) is 5.75 Å². The monoisotopic (exact) mass is 368 g/mol. The fourth-order valence-electron chi connectivity index (χ4n) is 2.74. The van der Waals surface area contributed by atoms with Crippen molar-refractivity contribution in [2.24, 2.45) is 12.0 Å². The van der Waals surface area contributed by atoms with Crippen LogP contribution in [0.1, 0.15) is 42.1 Å². The van der Waals surface area contributed by atoms with Gasteiger partial charge in [-0.25, -0.2) is 0 Å². The van der Waals surface area contributed by atoms with Gasteiger partial charge in [-0.2, -0.15) is 4.99 Å². The highest BCUT2D eigenvalue weighted by molar-refractivity contribution is 7.16.